The molecule has 1 amide bonds. The van der Waals surface area contributed by atoms with Crippen LogP contribution >= 0.6 is 22.9 Å². The van der Waals surface area contributed by atoms with Gasteiger partial charge in [-0.05, 0) is 36.3 Å². The maximum absolute atomic E-state index is 12.4. The first-order chi connectivity index (χ1) is 13.0. The first-order valence-electron chi connectivity index (χ1n) is 8.22. The number of hydrogen-bond acceptors (Lipinski definition) is 4. The second-order valence-corrected chi connectivity index (χ2v) is 7.52. The molecule has 0 unspecified atom stereocenters. The number of rotatable bonds is 5. The van der Waals surface area contributed by atoms with E-state index in [-0.39, 0.29) is 5.57 Å². The van der Waals surface area contributed by atoms with E-state index in [1.165, 1.54) is 11.3 Å². The van der Waals surface area contributed by atoms with Crippen LogP contribution in [0.25, 0.3) is 6.08 Å². The summed E-state index contributed by atoms with van der Waals surface area (Å²) in [5.74, 6) is -0.471. The standard InChI is InChI=1S/C21H16ClN3OS/c1-14-5-7-15(8-6-14)9-17(12-23)20(26)25-21-24-13-19(27-21)11-16-3-2-4-18(22)10-16/h2-10,13H,11H2,1H3,(H,24,25,26). The summed E-state index contributed by atoms with van der Waals surface area (Å²) in [6.07, 6.45) is 3.96. The van der Waals surface area contributed by atoms with Gasteiger partial charge in [-0.1, -0.05) is 53.6 Å². The minimum absolute atomic E-state index is 0.0328. The number of hydrogen-bond donors (Lipinski definition) is 1. The number of anilines is 1. The van der Waals surface area contributed by atoms with E-state index in [9.17, 15) is 10.1 Å². The minimum atomic E-state index is -0.471. The van der Waals surface area contributed by atoms with E-state index in [2.05, 4.69) is 10.3 Å². The van der Waals surface area contributed by atoms with Crippen LogP contribution in [0.2, 0.25) is 5.02 Å². The molecule has 27 heavy (non-hydrogen) atoms. The van der Waals surface area contributed by atoms with Crippen molar-refractivity contribution in [3.8, 4) is 6.07 Å². The highest BCUT2D eigenvalue weighted by molar-refractivity contribution is 7.15. The Morgan fingerprint density at radius 2 is 2.07 bits per heavy atom. The highest BCUT2D eigenvalue weighted by Gasteiger charge is 2.12. The number of aromatic nitrogens is 1. The van der Waals surface area contributed by atoms with Gasteiger partial charge >= 0.3 is 0 Å². The molecule has 1 N–H and O–H groups in total. The zero-order chi connectivity index (χ0) is 19.2. The van der Waals surface area contributed by atoms with Crippen LogP contribution in [0.1, 0.15) is 21.6 Å². The van der Waals surface area contributed by atoms with Gasteiger partial charge in [0.1, 0.15) is 11.6 Å². The molecule has 134 valence electrons. The van der Waals surface area contributed by atoms with Crippen molar-refractivity contribution >= 4 is 40.1 Å². The lowest BCUT2D eigenvalue weighted by Gasteiger charge is -2.01. The minimum Gasteiger partial charge on any atom is -0.297 e. The molecule has 0 aliphatic heterocycles. The molecule has 0 fully saturated rings. The maximum Gasteiger partial charge on any atom is 0.268 e. The Hall–Kier alpha value is -2.94. The molecule has 6 heteroatoms. The monoisotopic (exact) mass is 393 g/mol. The van der Waals surface area contributed by atoms with Crippen molar-refractivity contribution in [3.05, 3.63) is 86.9 Å². The Bertz CT molecular complexity index is 1030. The molecule has 1 heterocycles. The van der Waals surface area contributed by atoms with E-state index in [0.717, 1.165) is 21.6 Å². The average Bonchev–Trinajstić information content (AvgIpc) is 3.08. The van der Waals surface area contributed by atoms with Crippen LogP contribution in [0.5, 0.6) is 0 Å². The quantitative estimate of drug-likeness (QED) is 0.476. The Morgan fingerprint density at radius 1 is 1.30 bits per heavy atom. The molecule has 0 aliphatic carbocycles. The van der Waals surface area contributed by atoms with Gasteiger partial charge < -0.3 is 0 Å². The summed E-state index contributed by atoms with van der Waals surface area (Å²) >= 11 is 7.38. The highest BCUT2D eigenvalue weighted by Crippen LogP contribution is 2.23. The number of halogens is 1. The van der Waals surface area contributed by atoms with E-state index < -0.39 is 5.91 Å². The molecule has 0 aliphatic rings. The SMILES string of the molecule is Cc1ccc(C=C(C#N)C(=O)Nc2ncc(Cc3cccc(Cl)c3)s2)cc1. The Balaban J connectivity index is 1.69. The molecule has 0 radical (unpaired) electrons. The zero-order valence-electron chi connectivity index (χ0n) is 14.6. The molecule has 2 aromatic carbocycles. The summed E-state index contributed by atoms with van der Waals surface area (Å²) in [6.45, 7) is 1.98. The van der Waals surface area contributed by atoms with E-state index in [4.69, 9.17) is 11.6 Å². The lowest BCUT2D eigenvalue weighted by Crippen LogP contribution is -2.13. The van der Waals surface area contributed by atoms with Crippen molar-refractivity contribution < 1.29 is 4.79 Å². The summed E-state index contributed by atoms with van der Waals surface area (Å²) < 4.78 is 0. The number of carbonyl (C=O) groups excluding carboxylic acids is 1. The average molecular weight is 394 g/mol. The van der Waals surface area contributed by atoms with E-state index in [1.807, 2.05) is 61.5 Å². The number of nitrogens with one attached hydrogen (secondary N) is 1. The molecule has 0 bridgehead atoms. The number of nitriles is 1. The second-order valence-electron chi connectivity index (χ2n) is 5.97. The van der Waals surface area contributed by atoms with Crippen molar-refractivity contribution in [1.29, 1.82) is 5.26 Å². The lowest BCUT2D eigenvalue weighted by molar-refractivity contribution is -0.112. The van der Waals surface area contributed by atoms with Crippen molar-refractivity contribution in [1.82, 2.24) is 4.98 Å². The Labute approximate surface area is 166 Å². The molecule has 1 aromatic heterocycles. The van der Waals surface area contributed by atoms with Gasteiger partial charge in [-0.3, -0.25) is 10.1 Å². The largest absolute Gasteiger partial charge is 0.297 e. The number of nitrogens with zero attached hydrogens (tertiary/aromatic N) is 2. The fraction of sp³-hybridized carbons (Fsp3) is 0.0952. The third-order valence-corrected chi connectivity index (χ3v) is 4.94. The van der Waals surface area contributed by atoms with Crippen molar-refractivity contribution in [2.45, 2.75) is 13.3 Å². The number of benzene rings is 2. The van der Waals surface area contributed by atoms with Crippen LogP contribution in [-0.2, 0) is 11.2 Å². The molecule has 0 spiro atoms. The van der Waals surface area contributed by atoms with Gasteiger partial charge in [-0.15, -0.1) is 11.3 Å². The summed E-state index contributed by atoms with van der Waals surface area (Å²) in [6, 6.07) is 17.2. The predicted octanol–water partition coefficient (Wildman–Crippen LogP) is 5.24. The van der Waals surface area contributed by atoms with Gasteiger partial charge in [0.2, 0.25) is 0 Å². The fourth-order valence-corrected chi connectivity index (χ4v) is 3.49. The van der Waals surface area contributed by atoms with Gasteiger partial charge in [-0.25, -0.2) is 4.98 Å². The first-order valence-corrected chi connectivity index (χ1v) is 9.42. The molecular formula is C21H16ClN3OS. The Kier molecular flexibility index (Phi) is 6.02. The van der Waals surface area contributed by atoms with E-state index in [0.29, 0.717) is 16.6 Å². The topological polar surface area (TPSA) is 65.8 Å². The van der Waals surface area contributed by atoms with Crippen LogP contribution < -0.4 is 5.32 Å². The van der Waals surface area contributed by atoms with Crippen molar-refractivity contribution in [2.75, 3.05) is 5.32 Å². The van der Waals surface area contributed by atoms with E-state index in [1.54, 1.807) is 12.3 Å². The predicted molar refractivity (Wildman–Crippen MR) is 110 cm³/mol. The van der Waals surface area contributed by atoms with Gasteiger partial charge in [-0.2, -0.15) is 5.26 Å². The molecule has 0 atom stereocenters. The van der Waals surface area contributed by atoms with Crippen LogP contribution in [0.4, 0.5) is 5.13 Å². The van der Waals surface area contributed by atoms with Crippen molar-refractivity contribution in [3.63, 3.8) is 0 Å². The Morgan fingerprint density at radius 3 is 2.78 bits per heavy atom. The summed E-state index contributed by atoms with van der Waals surface area (Å²) in [5.41, 5.74) is 3.02. The summed E-state index contributed by atoms with van der Waals surface area (Å²) in [7, 11) is 0. The number of amides is 1. The second kappa shape index (κ2) is 8.63. The highest BCUT2D eigenvalue weighted by atomic mass is 35.5. The van der Waals surface area contributed by atoms with Gasteiger partial charge in [0.05, 0.1) is 0 Å². The summed E-state index contributed by atoms with van der Waals surface area (Å²) in [5, 5.41) is 13.1. The third-order valence-electron chi connectivity index (χ3n) is 3.79. The van der Waals surface area contributed by atoms with E-state index >= 15 is 0 Å². The first kappa shape index (κ1) is 18.8. The zero-order valence-corrected chi connectivity index (χ0v) is 16.1. The molecular weight excluding hydrogens is 378 g/mol. The molecule has 0 saturated carbocycles. The van der Waals surface area contributed by atoms with Gasteiger partial charge in [0.15, 0.2) is 5.13 Å². The van der Waals surface area contributed by atoms with Crippen molar-refractivity contribution in [2.24, 2.45) is 0 Å². The van der Waals surface area contributed by atoms with Crippen LogP contribution in [-0.4, -0.2) is 10.9 Å². The molecule has 3 rings (SSSR count). The number of aryl methyl sites for hydroxylation is 1. The molecule has 0 saturated heterocycles. The smallest absolute Gasteiger partial charge is 0.268 e. The van der Waals surface area contributed by atoms with Crippen LogP contribution in [0, 0.1) is 18.3 Å². The fourth-order valence-electron chi connectivity index (χ4n) is 2.44. The summed E-state index contributed by atoms with van der Waals surface area (Å²) in [4.78, 5) is 17.6. The number of carbonyl (C=O) groups is 1. The molecule has 4 nitrogen and oxygen atoms in total. The molecule has 3 aromatic rings. The normalized spacial score (nSPS) is 11.1. The third kappa shape index (κ3) is 5.27. The van der Waals surface area contributed by atoms with Crippen LogP contribution in [0.3, 0.4) is 0 Å². The van der Waals surface area contributed by atoms with Crippen LogP contribution in [0.15, 0.2) is 60.3 Å². The van der Waals surface area contributed by atoms with Gasteiger partial charge in [0.25, 0.3) is 5.91 Å². The lowest BCUT2D eigenvalue weighted by atomic mass is 10.1. The van der Waals surface area contributed by atoms with Gasteiger partial charge in [0, 0.05) is 22.5 Å². The maximum atomic E-state index is 12.4. The number of thiazole rings is 1.